The monoisotopic (exact) mass is 429 g/mol. The van der Waals surface area contributed by atoms with Crippen LogP contribution in [0.3, 0.4) is 0 Å². The second-order valence-corrected chi connectivity index (χ2v) is 8.29. The van der Waals surface area contributed by atoms with Crippen molar-refractivity contribution in [2.24, 2.45) is 11.8 Å². The van der Waals surface area contributed by atoms with E-state index in [4.69, 9.17) is 10.00 Å². The van der Waals surface area contributed by atoms with Crippen LogP contribution in [0.4, 0.5) is 13.2 Å². The number of benzene rings is 2. The fraction of sp³-hybridized carbons (Fsp3) is 0.440. The maximum Gasteiger partial charge on any atom is 0.346 e. The lowest BCUT2D eigenvalue weighted by Gasteiger charge is -2.28. The van der Waals surface area contributed by atoms with Gasteiger partial charge in [0, 0.05) is 12.1 Å². The Morgan fingerprint density at radius 2 is 1.61 bits per heavy atom. The Morgan fingerprint density at radius 3 is 2.16 bits per heavy atom. The van der Waals surface area contributed by atoms with Gasteiger partial charge in [-0.2, -0.15) is 5.26 Å². The summed E-state index contributed by atoms with van der Waals surface area (Å²) in [6.07, 6.45) is 9.25. The standard InChI is InChI=1S/C25H26F3NO2/c1-2-3-16-4-6-17(7-5-16)8-9-18-10-11-20(22(26)12-18)25(30)31-19-13-23(27)21(15-29)24(28)14-19/h10-14,16-17H,2-9H2,1H3/t16-,17-. The molecule has 3 rings (SSSR count). The van der Waals surface area contributed by atoms with Gasteiger partial charge in [0.1, 0.15) is 34.8 Å². The number of carbonyl (C=O) groups is 1. The van der Waals surface area contributed by atoms with E-state index >= 15 is 0 Å². The number of aryl methyl sites for hydroxylation is 1. The molecule has 0 amide bonds. The van der Waals surface area contributed by atoms with Crippen LogP contribution >= 0.6 is 0 Å². The average Bonchev–Trinajstić information content (AvgIpc) is 2.73. The lowest BCUT2D eigenvalue weighted by Crippen LogP contribution is -2.15. The topological polar surface area (TPSA) is 50.1 Å². The largest absolute Gasteiger partial charge is 0.423 e. The molecule has 1 saturated carbocycles. The highest BCUT2D eigenvalue weighted by atomic mass is 19.1. The summed E-state index contributed by atoms with van der Waals surface area (Å²) in [4.78, 5) is 12.2. The van der Waals surface area contributed by atoms with E-state index in [-0.39, 0.29) is 5.56 Å². The summed E-state index contributed by atoms with van der Waals surface area (Å²) in [5.41, 5.74) is -0.275. The zero-order valence-electron chi connectivity index (χ0n) is 17.6. The summed E-state index contributed by atoms with van der Waals surface area (Å²) in [6.45, 7) is 2.22. The van der Waals surface area contributed by atoms with Gasteiger partial charge in [0.25, 0.3) is 0 Å². The van der Waals surface area contributed by atoms with E-state index in [9.17, 15) is 18.0 Å². The third kappa shape index (κ3) is 5.88. The van der Waals surface area contributed by atoms with Crippen molar-refractivity contribution >= 4 is 5.97 Å². The highest BCUT2D eigenvalue weighted by Crippen LogP contribution is 2.34. The van der Waals surface area contributed by atoms with Crippen molar-refractivity contribution in [2.45, 2.75) is 58.3 Å². The van der Waals surface area contributed by atoms with Crippen molar-refractivity contribution in [3.8, 4) is 11.8 Å². The van der Waals surface area contributed by atoms with Crippen molar-refractivity contribution in [1.29, 1.82) is 5.26 Å². The molecule has 0 aromatic heterocycles. The Hall–Kier alpha value is -2.81. The number of rotatable bonds is 7. The maximum atomic E-state index is 14.5. The van der Waals surface area contributed by atoms with Crippen LogP contribution in [0.1, 0.15) is 73.4 Å². The first-order valence-electron chi connectivity index (χ1n) is 10.8. The molecule has 6 heteroatoms. The molecule has 164 valence electrons. The van der Waals surface area contributed by atoms with Gasteiger partial charge in [0.05, 0.1) is 5.56 Å². The van der Waals surface area contributed by atoms with Crippen LogP contribution in [0.2, 0.25) is 0 Å². The Kier molecular flexibility index (Phi) is 7.73. The van der Waals surface area contributed by atoms with E-state index < -0.39 is 34.7 Å². The van der Waals surface area contributed by atoms with E-state index in [0.717, 1.165) is 36.5 Å². The Labute approximate surface area is 180 Å². The molecule has 2 aromatic carbocycles. The summed E-state index contributed by atoms with van der Waals surface area (Å²) in [5, 5.41) is 8.69. The number of carbonyl (C=O) groups excluding carboxylic acids is 1. The van der Waals surface area contributed by atoms with Gasteiger partial charge in [-0.3, -0.25) is 0 Å². The second kappa shape index (κ2) is 10.5. The minimum absolute atomic E-state index is 0.311. The zero-order chi connectivity index (χ0) is 22.4. The molecule has 1 fully saturated rings. The molecule has 0 bridgehead atoms. The van der Waals surface area contributed by atoms with Gasteiger partial charge in [0.15, 0.2) is 0 Å². The van der Waals surface area contributed by atoms with Gasteiger partial charge in [-0.05, 0) is 42.4 Å². The summed E-state index contributed by atoms with van der Waals surface area (Å²) >= 11 is 0. The van der Waals surface area contributed by atoms with Crippen molar-refractivity contribution in [1.82, 2.24) is 0 Å². The summed E-state index contributed by atoms with van der Waals surface area (Å²) in [5.74, 6) is -3.01. The fourth-order valence-electron chi connectivity index (χ4n) is 4.35. The van der Waals surface area contributed by atoms with Crippen LogP contribution in [0.5, 0.6) is 5.75 Å². The predicted octanol–water partition coefficient (Wildman–Crippen LogP) is 6.73. The highest BCUT2D eigenvalue weighted by molar-refractivity contribution is 5.91. The fourth-order valence-corrected chi connectivity index (χ4v) is 4.35. The van der Waals surface area contributed by atoms with Gasteiger partial charge in [-0.15, -0.1) is 0 Å². The first-order valence-corrected chi connectivity index (χ1v) is 10.8. The zero-order valence-corrected chi connectivity index (χ0v) is 17.6. The number of halogens is 3. The normalized spacial score (nSPS) is 18.4. The second-order valence-electron chi connectivity index (χ2n) is 8.29. The molecule has 0 atom stereocenters. The van der Waals surface area contributed by atoms with Crippen LogP contribution in [0.25, 0.3) is 0 Å². The van der Waals surface area contributed by atoms with Gasteiger partial charge >= 0.3 is 5.97 Å². The van der Waals surface area contributed by atoms with E-state index in [1.54, 1.807) is 6.07 Å². The molecular formula is C25H26F3NO2. The lowest BCUT2D eigenvalue weighted by molar-refractivity contribution is 0.0729. The third-order valence-electron chi connectivity index (χ3n) is 6.10. The first kappa shape index (κ1) is 22.9. The highest BCUT2D eigenvalue weighted by Gasteiger charge is 2.21. The number of hydrogen-bond donors (Lipinski definition) is 0. The Balaban J connectivity index is 1.58. The molecule has 0 N–H and O–H groups in total. The predicted molar refractivity (Wildman–Crippen MR) is 111 cm³/mol. The molecule has 0 heterocycles. The van der Waals surface area contributed by atoms with Gasteiger partial charge in [-0.25, -0.2) is 18.0 Å². The molecule has 2 aromatic rings. The average molecular weight is 429 g/mol. The molecule has 0 radical (unpaired) electrons. The molecule has 3 nitrogen and oxygen atoms in total. The molecule has 31 heavy (non-hydrogen) atoms. The van der Waals surface area contributed by atoms with E-state index in [0.29, 0.717) is 5.92 Å². The maximum absolute atomic E-state index is 14.5. The number of nitrogens with zero attached hydrogens (tertiary/aromatic N) is 1. The summed E-state index contributed by atoms with van der Waals surface area (Å²) in [7, 11) is 0. The van der Waals surface area contributed by atoms with Crippen LogP contribution in [-0.4, -0.2) is 5.97 Å². The van der Waals surface area contributed by atoms with E-state index in [1.807, 2.05) is 0 Å². The van der Waals surface area contributed by atoms with Crippen molar-refractivity contribution < 1.29 is 22.7 Å². The molecule has 0 unspecified atom stereocenters. The van der Waals surface area contributed by atoms with Gasteiger partial charge < -0.3 is 4.74 Å². The first-order chi connectivity index (χ1) is 14.9. The van der Waals surface area contributed by atoms with Crippen LogP contribution in [0.15, 0.2) is 30.3 Å². The molecule has 0 saturated heterocycles. The molecule has 1 aliphatic carbocycles. The molecule has 1 aliphatic rings. The van der Waals surface area contributed by atoms with E-state index in [1.165, 1.54) is 56.7 Å². The van der Waals surface area contributed by atoms with Gasteiger partial charge in [-0.1, -0.05) is 51.5 Å². The minimum Gasteiger partial charge on any atom is -0.423 e. The molecule has 0 spiro atoms. The van der Waals surface area contributed by atoms with Crippen molar-refractivity contribution in [2.75, 3.05) is 0 Å². The Bertz CT molecular complexity index is 952. The number of hydrogen-bond acceptors (Lipinski definition) is 3. The lowest BCUT2D eigenvalue weighted by atomic mass is 9.78. The van der Waals surface area contributed by atoms with E-state index in [2.05, 4.69) is 6.92 Å². The van der Waals surface area contributed by atoms with Crippen LogP contribution in [0, 0.1) is 40.6 Å². The molecular weight excluding hydrogens is 403 g/mol. The van der Waals surface area contributed by atoms with Crippen LogP contribution < -0.4 is 4.74 Å². The smallest absolute Gasteiger partial charge is 0.346 e. The number of nitriles is 1. The van der Waals surface area contributed by atoms with Crippen LogP contribution in [-0.2, 0) is 6.42 Å². The SMILES string of the molecule is CCC[C@H]1CC[C@H](CCc2ccc(C(=O)Oc3cc(F)c(C#N)c(F)c3)c(F)c2)CC1. The Morgan fingerprint density at radius 1 is 1.00 bits per heavy atom. The van der Waals surface area contributed by atoms with Crippen molar-refractivity contribution in [3.63, 3.8) is 0 Å². The number of esters is 1. The number of ether oxygens (including phenoxy) is 1. The molecule has 0 aliphatic heterocycles. The van der Waals surface area contributed by atoms with Gasteiger partial charge in [0.2, 0.25) is 0 Å². The quantitative estimate of drug-likeness (QED) is 0.362. The summed E-state index contributed by atoms with van der Waals surface area (Å²) < 4.78 is 46.7. The third-order valence-corrected chi connectivity index (χ3v) is 6.10. The summed E-state index contributed by atoms with van der Waals surface area (Å²) in [6, 6.07) is 7.17. The minimum atomic E-state index is -1.15. The van der Waals surface area contributed by atoms with Crippen molar-refractivity contribution in [3.05, 3.63) is 64.5 Å².